The van der Waals surface area contributed by atoms with Crippen LogP contribution in [-0.4, -0.2) is 61.4 Å². The number of rotatable bonds is 8. The van der Waals surface area contributed by atoms with Gasteiger partial charge in [0.15, 0.2) is 5.11 Å². The van der Waals surface area contributed by atoms with Crippen LogP contribution in [0.1, 0.15) is 12.0 Å². The minimum atomic E-state index is 0.733. The van der Waals surface area contributed by atoms with E-state index in [-0.39, 0.29) is 0 Å². The molecule has 2 aromatic rings. The summed E-state index contributed by atoms with van der Waals surface area (Å²) in [6.07, 6.45) is 1.05. The maximum atomic E-state index is 5.76. The SMILES string of the molecule is COc1cccc(CN(CCCN2CCOCC2)C(=S)Nc2ccc(Br)cc2)c1. The van der Waals surface area contributed by atoms with E-state index in [4.69, 9.17) is 21.7 Å². The Morgan fingerprint density at radius 2 is 1.97 bits per heavy atom. The Morgan fingerprint density at radius 1 is 1.21 bits per heavy atom. The fourth-order valence-electron chi connectivity index (χ4n) is 3.29. The van der Waals surface area contributed by atoms with Crippen molar-refractivity contribution in [2.45, 2.75) is 13.0 Å². The molecule has 2 aromatic carbocycles. The largest absolute Gasteiger partial charge is 0.497 e. The van der Waals surface area contributed by atoms with Crippen molar-refractivity contribution in [3.8, 4) is 5.75 Å². The van der Waals surface area contributed by atoms with Crippen LogP contribution in [0.3, 0.4) is 0 Å². The first-order chi connectivity index (χ1) is 14.1. The smallest absolute Gasteiger partial charge is 0.173 e. The van der Waals surface area contributed by atoms with E-state index in [1.807, 2.05) is 36.4 Å². The van der Waals surface area contributed by atoms with Crippen LogP contribution < -0.4 is 10.1 Å². The van der Waals surface area contributed by atoms with Crippen molar-refractivity contribution in [1.82, 2.24) is 9.80 Å². The van der Waals surface area contributed by atoms with E-state index in [1.165, 1.54) is 5.56 Å². The summed E-state index contributed by atoms with van der Waals surface area (Å²) in [5.41, 5.74) is 2.16. The molecule has 1 aliphatic heterocycles. The number of anilines is 1. The molecule has 0 amide bonds. The van der Waals surface area contributed by atoms with Gasteiger partial charge in [0, 0.05) is 42.9 Å². The van der Waals surface area contributed by atoms with Gasteiger partial charge in [-0.25, -0.2) is 0 Å². The third-order valence-electron chi connectivity index (χ3n) is 4.90. The number of ether oxygens (including phenoxy) is 2. The van der Waals surface area contributed by atoms with Gasteiger partial charge in [-0.3, -0.25) is 4.90 Å². The number of thiocarbonyl (C=S) groups is 1. The number of methoxy groups -OCH3 is 1. The summed E-state index contributed by atoms with van der Waals surface area (Å²) in [7, 11) is 1.69. The van der Waals surface area contributed by atoms with Crippen LogP contribution in [0.25, 0.3) is 0 Å². The van der Waals surface area contributed by atoms with Crippen molar-refractivity contribution in [2.24, 2.45) is 0 Å². The highest BCUT2D eigenvalue weighted by Crippen LogP contribution is 2.18. The Morgan fingerprint density at radius 3 is 2.69 bits per heavy atom. The predicted octanol–water partition coefficient (Wildman–Crippen LogP) is 4.38. The Labute approximate surface area is 187 Å². The highest BCUT2D eigenvalue weighted by Gasteiger charge is 2.14. The van der Waals surface area contributed by atoms with Crippen molar-refractivity contribution in [3.63, 3.8) is 0 Å². The summed E-state index contributed by atoms with van der Waals surface area (Å²) in [5.74, 6) is 0.863. The first-order valence-corrected chi connectivity index (χ1v) is 11.1. The Balaban J connectivity index is 1.63. The van der Waals surface area contributed by atoms with Crippen LogP contribution in [0, 0.1) is 0 Å². The van der Waals surface area contributed by atoms with E-state index in [0.29, 0.717) is 0 Å². The molecule has 0 unspecified atom stereocenters. The number of halogens is 1. The van der Waals surface area contributed by atoms with Gasteiger partial charge in [0.05, 0.1) is 20.3 Å². The second-order valence-corrected chi connectivity index (χ2v) is 8.32. The summed E-state index contributed by atoms with van der Waals surface area (Å²) in [6.45, 7) is 6.36. The maximum absolute atomic E-state index is 5.76. The van der Waals surface area contributed by atoms with Gasteiger partial charge < -0.3 is 19.7 Å². The van der Waals surface area contributed by atoms with Gasteiger partial charge in [-0.15, -0.1) is 0 Å². The molecule has 156 valence electrons. The molecule has 1 heterocycles. The Kier molecular flexibility index (Phi) is 8.73. The van der Waals surface area contributed by atoms with Crippen molar-refractivity contribution < 1.29 is 9.47 Å². The van der Waals surface area contributed by atoms with Crippen LogP contribution >= 0.6 is 28.1 Å². The van der Waals surface area contributed by atoms with Gasteiger partial charge in [-0.05, 0) is 60.6 Å². The van der Waals surface area contributed by atoms with E-state index in [1.54, 1.807) is 7.11 Å². The molecule has 0 aliphatic carbocycles. The van der Waals surface area contributed by atoms with Crippen molar-refractivity contribution in [2.75, 3.05) is 51.8 Å². The summed E-state index contributed by atoms with van der Waals surface area (Å²) in [4.78, 5) is 4.69. The lowest BCUT2D eigenvalue weighted by molar-refractivity contribution is 0.0368. The molecule has 29 heavy (non-hydrogen) atoms. The van der Waals surface area contributed by atoms with Gasteiger partial charge in [-0.2, -0.15) is 0 Å². The summed E-state index contributed by atoms with van der Waals surface area (Å²) in [5, 5.41) is 4.11. The molecule has 5 nitrogen and oxygen atoms in total. The van der Waals surface area contributed by atoms with Crippen LogP contribution in [0.5, 0.6) is 5.75 Å². The lowest BCUT2D eigenvalue weighted by Crippen LogP contribution is -2.40. The zero-order valence-electron chi connectivity index (χ0n) is 16.8. The average molecular weight is 478 g/mol. The minimum absolute atomic E-state index is 0.733. The molecule has 1 aliphatic rings. The molecule has 7 heteroatoms. The fraction of sp³-hybridized carbons (Fsp3) is 0.409. The fourth-order valence-corrected chi connectivity index (χ4v) is 3.83. The van der Waals surface area contributed by atoms with Crippen molar-refractivity contribution >= 4 is 38.9 Å². The summed E-state index contributed by atoms with van der Waals surface area (Å²) in [6, 6.07) is 16.2. The van der Waals surface area contributed by atoms with Gasteiger partial charge in [0.25, 0.3) is 0 Å². The first-order valence-electron chi connectivity index (χ1n) is 9.88. The quantitative estimate of drug-likeness (QED) is 0.568. The Bertz CT molecular complexity index is 782. The molecule has 3 rings (SSSR count). The average Bonchev–Trinajstić information content (AvgIpc) is 2.75. The molecule has 1 N–H and O–H groups in total. The molecule has 0 bridgehead atoms. The van der Waals surface area contributed by atoms with Crippen LogP contribution in [0.15, 0.2) is 53.0 Å². The summed E-state index contributed by atoms with van der Waals surface area (Å²) < 4.78 is 11.9. The van der Waals surface area contributed by atoms with Crippen molar-refractivity contribution in [1.29, 1.82) is 0 Å². The van der Waals surface area contributed by atoms with E-state index >= 15 is 0 Å². The standard InChI is InChI=1S/C22H28BrN3O2S/c1-27-21-5-2-4-18(16-21)17-26(11-3-10-25-12-14-28-15-13-25)22(29)24-20-8-6-19(23)7-9-20/h2,4-9,16H,3,10-15,17H2,1H3,(H,24,29). The molecular weight excluding hydrogens is 450 g/mol. The molecule has 0 aromatic heterocycles. The van der Waals surface area contributed by atoms with Gasteiger partial charge in [0.2, 0.25) is 0 Å². The number of nitrogens with one attached hydrogen (secondary N) is 1. The van der Waals surface area contributed by atoms with E-state index < -0.39 is 0 Å². The highest BCUT2D eigenvalue weighted by atomic mass is 79.9. The molecular formula is C22H28BrN3O2S. The van der Waals surface area contributed by atoms with E-state index in [2.05, 4.69) is 43.2 Å². The van der Waals surface area contributed by atoms with E-state index in [0.717, 1.165) is 73.4 Å². The van der Waals surface area contributed by atoms with Crippen LogP contribution in [-0.2, 0) is 11.3 Å². The molecule has 0 saturated carbocycles. The lowest BCUT2D eigenvalue weighted by Gasteiger charge is -2.29. The molecule has 0 spiro atoms. The number of morpholine rings is 1. The highest BCUT2D eigenvalue weighted by molar-refractivity contribution is 9.10. The minimum Gasteiger partial charge on any atom is -0.497 e. The third-order valence-corrected chi connectivity index (χ3v) is 5.79. The predicted molar refractivity (Wildman–Crippen MR) is 126 cm³/mol. The number of hydrogen-bond donors (Lipinski definition) is 1. The van der Waals surface area contributed by atoms with Crippen molar-refractivity contribution in [3.05, 3.63) is 58.6 Å². The van der Waals surface area contributed by atoms with Gasteiger partial charge >= 0.3 is 0 Å². The maximum Gasteiger partial charge on any atom is 0.173 e. The topological polar surface area (TPSA) is 37.0 Å². The normalized spacial score (nSPS) is 14.4. The first kappa shape index (κ1) is 22.0. The van der Waals surface area contributed by atoms with Gasteiger partial charge in [-0.1, -0.05) is 28.1 Å². The molecule has 1 fully saturated rings. The van der Waals surface area contributed by atoms with Crippen LogP contribution in [0.4, 0.5) is 5.69 Å². The number of benzene rings is 2. The van der Waals surface area contributed by atoms with Crippen LogP contribution in [0.2, 0.25) is 0 Å². The Hall–Kier alpha value is -1.67. The molecule has 1 saturated heterocycles. The zero-order valence-corrected chi connectivity index (χ0v) is 19.2. The summed E-state index contributed by atoms with van der Waals surface area (Å²) >= 11 is 9.23. The second kappa shape index (κ2) is 11.5. The second-order valence-electron chi connectivity index (χ2n) is 7.02. The van der Waals surface area contributed by atoms with E-state index in [9.17, 15) is 0 Å². The lowest BCUT2D eigenvalue weighted by atomic mass is 10.2. The number of nitrogens with zero attached hydrogens (tertiary/aromatic N) is 2. The van der Waals surface area contributed by atoms with Gasteiger partial charge in [0.1, 0.15) is 5.75 Å². The monoisotopic (exact) mass is 477 g/mol. The molecule has 0 atom stereocenters. The zero-order chi connectivity index (χ0) is 20.5. The number of hydrogen-bond acceptors (Lipinski definition) is 4. The third kappa shape index (κ3) is 7.26. The molecule has 0 radical (unpaired) electrons.